The lowest BCUT2D eigenvalue weighted by Crippen LogP contribution is -2.14. The third-order valence-electron chi connectivity index (χ3n) is 7.97. The molecule has 0 heterocycles. The van der Waals surface area contributed by atoms with E-state index < -0.39 is 0 Å². The van der Waals surface area contributed by atoms with Crippen LogP contribution in [0.5, 0.6) is 0 Å². The van der Waals surface area contributed by atoms with Crippen LogP contribution in [0.4, 0.5) is 17.1 Å². The van der Waals surface area contributed by atoms with E-state index in [9.17, 15) is 0 Å². The molecule has 7 rings (SSSR count). The Morgan fingerprint density at radius 1 is 0.333 bits per heavy atom. The second kappa shape index (κ2) is 11.3. The lowest BCUT2D eigenvalue weighted by atomic mass is 9.86. The summed E-state index contributed by atoms with van der Waals surface area (Å²) >= 11 is 0. The van der Waals surface area contributed by atoms with Gasteiger partial charge in [-0.05, 0) is 86.6 Å². The Hall–Kier alpha value is -5.34. The zero-order valence-electron chi connectivity index (χ0n) is 23.6. The van der Waals surface area contributed by atoms with E-state index in [4.69, 9.17) is 0 Å². The quantitative estimate of drug-likeness (QED) is 0.192. The summed E-state index contributed by atoms with van der Waals surface area (Å²) < 4.78 is 0. The number of hydrogen-bond donors (Lipinski definition) is 0. The number of fused-ring (bicyclic) bond motifs is 1. The van der Waals surface area contributed by atoms with E-state index in [1.165, 1.54) is 49.6 Å². The fraction of sp³-hybridized carbons (Fsp3) is 0. The molecule has 0 aromatic heterocycles. The number of rotatable bonds is 6. The van der Waals surface area contributed by atoms with Crippen LogP contribution in [-0.2, 0) is 0 Å². The highest BCUT2D eigenvalue weighted by atomic mass is 15.1. The van der Waals surface area contributed by atoms with Crippen LogP contribution in [0.2, 0.25) is 0 Å². The minimum atomic E-state index is 1.13. The average molecular weight is 535 g/mol. The van der Waals surface area contributed by atoms with Crippen molar-refractivity contribution in [1.29, 1.82) is 0 Å². The second-order valence-corrected chi connectivity index (χ2v) is 10.7. The van der Waals surface area contributed by atoms with E-state index >= 15 is 0 Å². The van der Waals surface area contributed by atoms with Gasteiger partial charge >= 0.3 is 0 Å². The number of anilines is 3. The second-order valence-electron chi connectivity index (χ2n) is 10.7. The fourth-order valence-electron chi connectivity index (χ4n) is 5.79. The molecule has 0 bridgehead atoms. The predicted octanol–water partition coefficient (Wildman–Crippen LogP) is 9.57. The SMILES string of the molecule is Bc1cc(N(c2ccc(-c3ccccc3)cc2)c2ccc3cc(-c4ccccc4)ccc3c2)ccc1-c1ccccc1. The van der Waals surface area contributed by atoms with Crippen LogP contribution in [0.1, 0.15) is 0 Å². The molecule has 1 nitrogen and oxygen atoms in total. The Labute approximate surface area is 248 Å². The lowest BCUT2D eigenvalue weighted by Gasteiger charge is -2.27. The van der Waals surface area contributed by atoms with Gasteiger partial charge in [0.15, 0.2) is 0 Å². The van der Waals surface area contributed by atoms with Crippen molar-refractivity contribution in [2.24, 2.45) is 0 Å². The van der Waals surface area contributed by atoms with Crippen LogP contribution >= 0.6 is 0 Å². The largest absolute Gasteiger partial charge is 0.311 e. The summed E-state index contributed by atoms with van der Waals surface area (Å²) in [6, 6.07) is 60.9. The van der Waals surface area contributed by atoms with Crippen molar-refractivity contribution in [2.75, 3.05) is 4.90 Å². The molecule has 0 saturated carbocycles. The monoisotopic (exact) mass is 535 g/mol. The van der Waals surface area contributed by atoms with Crippen molar-refractivity contribution >= 4 is 41.1 Å². The predicted molar refractivity (Wildman–Crippen MR) is 183 cm³/mol. The number of hydrogen-bond acceptors (Lipinski definition) is 1. The van der Waals surface area contributed by atoms with Gasteiger partial charge in [-0.3, -0.25) is 0 Å². The summed E-state index contributed by atoms with van der Waals surface area (Å²) in [5.74, 6) is 0. The van der Waals surface area contributed by atoms with Crippen LogP contribution in [0.15, 0.2) is 170 Å². The van der Waals surface area contributed by atoms with E-state index in [2.05, 4.69) is 183 Å². The Kier molecular flexibility index (Phi) is 6.88. The van der Waals surface area contributed by atoms with E-state index in [1.807, 2.05) is 0 Å². The first-order valence-electron chi connectivity index (χ1n) is 14.4. The molecule has 0 N–H and O–H groups in total. The zero-order chi connectivity index (χ0) is 28.3. The highest BCUT2D eigenvalue weighted by Gasteiger charge is 2.15. The van der Waals surface area contributed by atoms with Crippen LogP contribution in [0, 0.1) is 0 Å². The van der Waals surface area contributed by atoms with Crippen molar-refractivity contribution < 1.29 is 0 Å². The summed E-state index contributed by atoms with van der Waals surface area (Å²) in [4.78, 5) is 2.36. The third kappa shape index (κ3) is 5.11. The van der Waals surface area contributed by atoms with Gasteiger partial charge in [-0.1, -0.05) is 133 Å². The first kappa shape index (κ1) is 25.6. The van der Waals surface area contributed by atoms with Gasteiger partial charge in [-0.25, -0.2) is 0 Å². The molecule has 0 atom stereocenters. The van der Waals surface area contributed by atoms with Crippen LogP contribution < -0.4 is 10.4 Å². The molecule has 0 aliphatic heterocycles. The molecule has 0 aliphatic rings. The van der Waals surface area contributed by atoms with Gasteiger partial charge in [-0.2, -0.15) is 0 Å². The standard InChI is InChI=1S/C40H30BN/c41-40-28-38(24-25-39(40)32-14-8-3-9-15-32)42(36-21-18-31(19-22-36)29-10-4-1-5-11-29)37-23-20-34-26-33(16-17-35(34)27-37)30-12-6-2-7-13-30/h1-28H,41H2. The normalized spacial score (nSPS) is 11.0. The molecule has 0 spiro atoms. The Morgan fingerprint density at radius 2 is 0.786 bits per heavy atom. The molecular weight excluding hydrogens is 505 g/mol. The summed E-state index contributed by atoms with van der Waals surface area (Å²) in [6.45, 7) is 0. The third-order valence-corrected chi connectivity index (χ3v) is 7.97. The molecule has 42 heavy (non-hydrogen) atoms. The molecule has 0 unspecified atom stereocenters. The van der Waals surface area contributed by atoms with Gasteiger partial charge in [0, 0.05) is 17.1 Å². The van der Waals surface area contributed by atoms with Gasteiger partial charge in [-0.15, -0.1) is 0 Å². The number of benzene rings is 7. The van der Waals surface area contributed by atoms with Crippen molar-refractivity contribution in [2.45, 2.75) is 0 Å². The Morgan fingerprint density at radius 3 is 1.43 bits per heavy atom. The van der Waals surface area contributed by atoms with E-state index in [1.54, 1.807) is 0 Å². The molecule has 2 heteroatoms. The molecule has 198 valence electrons. The maximum absolute atomic E-state index is 2.36. The fourth-order valence-corrected chi connectivity index (χ4v) is 5.79. The molecule has 7 aromatic rings. The van der Waals surface area contributed by atoms with Crippen LogP contribution in [0.3, 0.4) is 0 Å². The smallest absolute Gasteiger partial charge is 0.140 e. The maximum Gasteiger partial charge on any atom is 0.140 e. The topological polar surface area (TPSA) is 3.24 Å². The molecule has 0 radical (unpaired) electrons. The highest BCUT2D eigenvalue weighted by molar-refractivity contribution is 6.36. The van der Waals surface area contributed by atoms with Gasteiger partial charge < -0.3 is 4.90 Å². The molecule has 7 aromatic carbocycles. The molecule has 0 amide bonds. The van der Waals surface area contributed by atoms with Crippen molar-refractivity contribution in [3.05, 3.63) is 170 Å². The van der Waals surface area contributed by atoms with Crippen molar-refractivity contribution in [3.63, 3.8) is 0 Å². The molecule has 0 saturated heterocycles. The van der Waals surface area contributed by atoms with Crippen LogP contribution in [0.25, 0.3) is 44.2 Å². The summed E-state index contributed by atoms with van der Waals surface area (Å²) in [6.07, 6.45) is 0. The van der Waals surface area contributed by atoms with Crippen molar-refractivity contribution in [1.82, 2.24) is 0 Å². The van der Waals surface area contributed by atoms with E-state index in [0.29, 0.717) is 0 Å². The average Bonchev–Trinajstić information content (AvgIpc) is 3.06. The van der Waals surface area contributed by atoms with E-state index in [-0.39, 0.29) is 0 Å². The highest BCUT2D eigenvalue weighted by Crippen LogP contribution is 2.38. The van der Waals surface area contributed by atoms with Gasteiger partial charge in [0.1, 0.15) is 7.85 Å². The minimum absolute atomic E-state index is 1.13. The van der Waals surface area contributed by atoms with E-state index in [0.717, 1.165) is 17.1 Å². The van der Waals surface area contributed by atoms with Crippen molar-refractivity contribution in [3.8, 4) is 33.4 Å². The summed E-state index contributed by atoms with van der Waals surface area (Å²) in [5, 5.41) is 2.45. The minimum Gasteiger partial charge on any atom is -0.311 e. The summed E-state index contributed by atoms with van der Waals surface area (Å²) in [7, 11) is 2.20. The molecule has 0 aliphatic carbocycles. The Bertz CT molecular complexity index is 1970. The first-order chi connectivity index (χ1) is 20.7. The van der Waals surface area contributed by atoms with Gasteiger partial charge in [0.05, 0.1) is 0 Å². The Balaban J connectivity index is 1.32. The summed E-state index contributed by atoms with van der Waals surface area (Å²) in [5.41, 5.74) is 12.0. The van der Waals surface area contributed by atoms with Gasteiger partial charge in [0.2, 0.25) is 0 Å². The lowest BCUT2D eigenvalue weighted by molar-refractivity contribution is 1.29. The van der Waals surface area contributed by atoms with Gasteiger partial charge in [0.25, 0.3) is 0 Å². The molecular formula is C40H30BN. The van der Waals surface area contributed by atoms with Crippen LogP contribution in [-0.4, -0.2) is 7.85 Å². The number of nitrogens with zero attached hydrogens (tertiary/aromatic N) is 1. The maximum atomic E-state index is 2.36. The molecule has 0 fully saturated rings. The first-order valence-corrected chi connectivity index (χ1v) is 14.4. The zero-order valence-corrected chi connectivity index (χ0v) is 23.6.